The molecule has 1 aromatic carbocycles. The van der Waals surface area contributed by atoms with Gasteiger partial charge in [0.2, 0.25) is 5.91 Å². The molecule has 1 aromatic rings. The van der Waals surface area contributed by atoms with E-state index < -0.39 is 11.0 Å². The van der Waals surface area contributed by atoms with Gasteiger partial charge in [-0.25, -0.2) is 8.93 Å². The number of benzene rings is 1. The Balaban J connectivity index is 1.57. The van der Waals surface area contributed by atoms with Gasteiger partial charge < -0.3 is 10.1 Å². The highest BCUT2D eigenvalue weighted by Gasteiger charge is 2.28. The molecule has 1 amide bonds. The molecule has 1 aliphatic heterocycles. The monoisotopic (exact) mass is 336 g/mol. The second-order valence-electron chi connectivity index (χ2n) is 6.00. The van der Waals surface area contributed by atoms with E-state index in [0.29, 0.717) is 11.3 Å². The lowest BCUT2D eigenvalue weighted by atomic mass is 9.86. The van der Waals surface area contributed by atoms with Crippen LogP contribution in [0.2, 0.25) is 0 Å². The smallest absolute Gasteiger partial charge is 0.308 e. The Bertz CT molecular complexity index is 653. The van der Waals surface area contributed by atoms with Gasteiger partial charge in [0.05, 0.1) is 24.3 Å². The van der Waals surface area contributed by atoms with Crippen LogP contribution < -0.4 is 10.0 Å². The van der Waals surface area contributed by atoms with Gasteiger partial charge >= 0.3 is 5.97 Å². The Morgan fingerprint density at radius 3 is 2.74 bits per heavy atom. The van der Waals surface area contributed by atoms with E-state index >= 15 is 0 Å². The highest BCUT2D eigenvalue weighted by atomic mass is 32.2. The van der Waals surface area contributed by atoms with Gasteiger partial charge in [-0.05, 0) is 49.4 Å². The van der Waals surface area contributed by atoms with Crippen LogP contribution in [0.15, 0.2) is 23.1 Å². The predicted octanol–water partition coefficient (Wildman–Crippen LogP) is 1.53. The van der Waals surface area contributed by atoms with Gasteiger partial charge in [0.1, 0.15) is 11.0 Å². The van der Waals surface area contributed by atoms with Gasteiger partial charge in [0.15, 0.2) is 0 Å². The standard InChI is InChI=1S/C16H20N2O4S/c1-22-16(20)10-2-4-12(5-3-10)18-23(21)13-6-7-14-11(8-13)9-15(19)17-14/h6-8,10,12,18H,2-5,9H2,1H3,(H,17,19). The molecular formula is C16H20N2O4S. The minimum atomic E-state index is -1.31. The van der Waals surface area contributed by atoms with Gasteiger partial charge in [-0.3, -0.25) is 9.59 Å². The molecule has 1 aliphatic carbocycles. The van der Waals surface area contributed by atoms with Crippen LogP contribution >= 0.6 is 0 Å². The fourth-order valence-electron chi connectivity index (χ4n) is 3.15. The second kappa shape index (κ2) is 6.80. The fourth-order valence-corrected chi connectivity index (χ4v) is 4.27. The SMILES string of the molecule is COC(=O)C1CCC(NS(=O)c2ccc3c(c2)CC(=O)N3)CC1. The summed E-state index contributed by atoms with van der Waals surface area (Å²) < 4.78 is 20.4. The topological polar surface area (TPSA) is 84.5 Å². The Morgan fingerprint density at radius 2 is 2.04 bits per heavy atom. The van der Waals surface area contributed by atoms with Crippen molar-refractivity contribution in [2.24, 2.45) is 5.92 Å². The average molecular weight is 336 g/mol. The van der Waals surface area contributed by atoms with Gasteiger partial charge in [0.25, 0.3) is 0 Å². The third-order valence-corrected chi connectivity index (χ3v) is 5.68. The lowest BCUT2D eigenvalue weighted by Gasteiger charge is -2.27. The van der Waals surface area contributed by atoms with Gasteiger partial charge in [-0.2, -0.15) is 0 Å². The van der Waals surface area contributed by atoms with E-state index in [1.54, 1.807) is 12.1 Å². The average Bonchev–Trinajstić information content (AvgIpc) is 2.93. The van der Waals surface area contributed by atoms with E-state index in [1.165, 1.54) is 7.11 Å². The number of hydrogen-bond acceptors (Lipinski definition) is 4. The molecule has 0 bridgehead atoms. The molecule has 2 aliphatic rings. The van der Waals surface area contributed by atoms with Crippen molar-refractivity contribution in [3.8, 4) is 0 Å². The number of carbonyl (C=O) groups excluding carboxylic acids is 2. The molecule has 1 atom stereocenters. The summed E-state index contributed by atoms with van der Waals surface area (Å²) in [5, 5.41) is 2.76. The quantitative estimate of drug-likeness (QED) is 0.817. The number of rotatable bonds is 4. The first-order valence-electron chi connectivity index (χ1n) is 7.75. The molecule has 2 N–H and O–H groups in total. The Kier molecular flexibility index (Phi) is 4.77. The molecule has 1 heterocycles. The highest BCUT2D eigenvalue weighted by molar-refractivity contribution is 7.83. The van der Waals surface area contributed by atoms with E-state index in [4.69, 9.17) is 4.74 Å². The summed E-state index contributed by atoms with van der Waals surface area (Å²) in [6.07, 6.45) is 3.45. The van der Waals surface area contributed by atoms with E-state index in [1.807, 2.05) is 6.07 Å². The predicted molar refractivity (Wildman–Crippen MR) is 86.1 cm³/mol. The summed E-state index contributed by atoms with van der Waals surface area (Å²) in [5.41, 5.74) is 1.69. The minimum Gasteiger partial charge on any atom is -0.469 e. The van der Waals surface area contributed by atoms with Crippen molar-refractivity contribution in [1.82, 2.24) is 4.72 Å². The maximum absolute atomic E-state index is 12.5. The Hall–Kier alpha value is -1.73. The van der Waals surface area contributed by atoms with Crippen LogP contribution in [0.4, 0.5) is 5.69 Å². The Labute approximate surface area is 137 Å². The van der Waals surface area contributed by atoms with Crippen LogP contribution in [0.1, 0.15) is 31.2 Å². The highest BCUT2D eigenvalue weighted by Crippen LogP contribution is 2.27. The third kappa shape index (κ3) is 3.61. The number of nitrogens with one attached hydrogen (secondary N) is 2. The zero-order valence-electron chi connectivity index (χ0n) is 13.0. The first-order valence-corrected chi connectivity index (χ1v) is 8.90. The lowest BCUT2D eigenvalue weighted by Crippen LogP contribution is -2.36. The van der Waals surface area contributed by atoms with Crippen molar-refractivity contribution in [1.29, 1.82) is 0 Å². The molecular weight excluding hydrogens is 316 g/mol. The van der Waals surface area contributed by atoms with Crippen molar-refractivity contribution < 1.29 is 18.5 Å². The molecule has 6 nitrogen and oxygen atoms in total. The van der Waals surface area contributed by atoms with Crippen molar-refractivity contribution in [2.75, 3.05) is 12.4 Å². The second-order valence-corrected chi connectivity index (χ2v) is 7.25. The van der Waals surface area contributed by atoms with E-state index in [-0.39, 0.29) is 23.8 Å². The maximum Gasteiger partial charge on any atom is 0.308 e. The summed E-state index contributed by atoms with van der Waals surface area (Å²) in [6, 6.07) is 5.51. The van der Waals surface area contributed by atoms with Crippen LogP contribution in [0, 0.1) is 5.92 Å². The molecule has 124 valence electrons. The van der Waals surface area contributed by atoms with Gasteiger partial charge in [-0.1, -0.05) is 0 Å². The summed E-state index contributed by atoms with van der Waals surface area (Å²) in [4.78, 5) is 23.6. The minimum absolute atomic E-state index is 0.0305. The van der Waals surface area contributed by atoms with Crippen molar-refractivity contribution in [3.05, 3.63) is 23.8 Å². The molecule has 0 aromatic heterocycles. The van der Waals surface area contributed by atoms with E-state index in [9.17, 15) is 13.8 Å². The van der Waals surface area contributed by atoms with Crippen molar-refractivity contribution in [3.63, 3.8) is 0 Å². The molecule has 3 rings (SSSR count). The van der Waals surface area contributed by atoms with Crippen molar-refractivity contribution in [2.45, 2.75) is 43.0 Å². The largest absolute Gasteiger partial charge is 0.469 e. The van der Waals surface area contributed by atoms with E-state index in [0.717, 1.165) is 36.9 Å². The first kappa shape index (κ1) is 16.1. The number of amides is 1. The normalized spacial score (nSPS) is 24.7. The van der Waals surface area contributed by atoms with Crippen LogP contribution in [-0.2, 0) is 31.7 Å². The maximum atomic E-state index is 12.5. The summed E-state index contributed by atoms with van der Waals surface area (Å²) >= 11 is 0. The van der Waals surface area contributed by atoms with Crippen LogP contribution in [0.3, 0.4) is 0 Å². The number of anilines is 1. The molecule has 1 saturated carbocycles. The van der Waals surface area contributed by atoms with Crippen LogP contribution in [0.25, 0.3) is 0 Å². The van der Waals surface area contributed by atoms with Gasteiger partial charge in [-0.15, -0.1) is 0 Å². The van der Waals surface area contributed by atoms with Crippen LogP contribution in [0.5, 0.6) is 0 Å². The van der Waals surface area contributed by atoms with E-state index in [2.05, 4.69) is 10.0 Å². The van der Waals surface area contributed by atoms with Crippen LogP contribution in [-0.4, -0.2) is 29.2 Å². The summed E-state index contributed by atoms with van der Waals surface area (Å²) in [5.74, 6) is -0.221. The summed E-state index contributed by atoms with van der Waals surface area (Å²) in [7, 11) is 0.0983. The number of esters is 1. The van der Waals surface area contributed by atoms with Gasteiger partial charge in [0, 0.05) is 11.7 Å². The Morgan fingerprint density at radius 1 is 1.30 bits per heavy atom. The molecule has 0 radical (unpaired) electrons. The summed E-state index contributed by atoms with van der Waals surface area (Å²) in [6.45, 7) is 0. The number of ether oxygens (including phenoxy) is 1. The number of hydrogen-bond donors (Lipinski definition) is 2. The zero-order valence-corrected chi connectivity index (χ0v) is 13.8. The molecule has 0 saturated heterocycles. The lowest BCUT2D eigenvalue weighted by molar-refractivity contribution is -0.146. The first-order chi connectivity index (χ1) is 11.1. The molecule has 23 heavy (non-hydrogen) atoms. The molecule has 1 fully saturated rings. The fraction of sp³-hybridized carbons (Fsp3) is 0.500. The molecule has 0 spiro atoms. The molecule has 7 heteroatoms. The van der Waals surface area contributed by atoms with Crippen molar-refractivity contribution >= 4 is 28.5 Å². The zero-order chi connectivity index (χ0) is 16.4. The number of carbonyl (C=O) groups is 2. The third-order valence-electron chi connectivity index (χ3n) is 4.45. The number of methoxy groups -OCH3 is 1. The molecule has 1 unspecified atom stereocenters. The number of fused-ring (bicyclic) bond motifs is 1.